The number of hydrogen-bond acceptors (Lipinski definition) is 5. The highest BCUT2D eigenvalue weighted by Gasteiger charge is 2.21. The smallest absolute Gasteiger partial charge is 0.336 e. The number of hydrogen-bond donors (Lipinski definition) is 3. The number of rotatable bonds is 6. The molecule has 2 amide bonds. The summed E-state index contributed by atoms with van der Waals surface area (Å²) >= 11 is 0. The Morgan fingerprint density at radius 1 is 1.21 bits per heavy atom. The summed E-state index contributed by atoms with van der Waals surface area (Å²) in [5, 5.41) is 24.7. The molecule has 0 aromatic heterocycles. The number of nitro groups is 1. The quantitative estimate of drug-likeness (QED) is 0.534. The predicted molar refractivity (Wildman–Crippen MR) is 85.8 cm³/mol. The fourth-order valence-electron chi connectivity index (χ4n) is 1.69. The number of aromatic carboxylic acids is 1. The number of nitrogens with zero attached hydrogens (tertiary/aromatic N) is 1. The Balaban J connectivity index is 2.71. The zero-order valence-corrected chi connectivity index (χ0v) is 13.6. The number of carboxylic acid groups (broad SMARTS) is 1. The fraction of sp³-hybridized carbons (Fsp3) is 0.400. The van der Waals surface area contributed by atoms with Crippen molar-refractivity contribution in [1.29, 1.82) is 0 Å². The van der Waals surface area contributed by atoms with Gasteiger partial charge >= 0.3 is 5.97 Å². The van der Waals surface area contributed by atoms with Crippen molar-refractivity contribution in [2.24, 2.45) is 5.41 Å². The molecule has 3 N–H and O–H groups in total. The summed E-state index contributed by atoms with van der Waals surface area (Å²) in [6.45, 7) is 5.31. The van der Waals surface area contributed by atoms with Gasteiger partial charge in [0, 0.05) is 36.2 Å². The molecule has 0 heterocycles. The minimum atomic E-state index is -1.34. The highest BCUT2D eigenvalue weighted by Crippen LogP contribution is 2.21. The van der Waals surface area contributed by atoms with E-state index in [2.05, 4.69) is 10.6 Å². The SMILES string of the molecule is CC(C)(C)C(=O)NCCC(=O)Nc1cc(C(=O)O)cc([N+](=O)[O-])c1. The Labute approximate surface area is 138 Å². The van der Waals surface area contributed by atoms with Crippen LogP contribution in [0.5, 0.6) is 0 Å². The van der Waals surface area contributed by atoms with Gasteiger partial charge < -0.3 is 15.7 Å². The van der Waals surface area contributed by atoms with Gasteiger partial charge in [0.1, 0.15) is 0 Å². The number of carbonyl (C=O) groups excluding carboxylic acids is 2. The van der Waals surface area contributed by atoms with Crippen molar-refractivity contribution in [2.75, 3.05) is 11.9 Å². The van der Waals surface area contributed by atoms with Crippen molar-refractivity contribution in [3.63, 3.8) is 0 Å². The fourth-order valence-corrected chi connectivity index (χ4v) is 1.69. The molecule has 0 saturated heterocycles. The molecule has 0 fully saturated rings. The summed E-state index contributed by atoms with van der Waals surface area (Å²) in [7, 11) is 0. The van der Waals surface area contributed by atoms with Crippen LogP contribution in [0, 0.1) is 15.5 Å². The first kappa shape index (κ1) is 19.1. The van der Waals surface area contributed by atoms with E-state index in [4.69, 9.17) is 5.11 Å². The summed E-state index contributed by atoms with van der Waals surface area (Å²) in [6.07, 6.45) is -0.0487. The molecular weight excluding hydrogens is 318 g/mol. The average Bonchev–Trinajstić information content (AvgIpc) is 2.45. The van der Waals surface area contributed by atoms with E-state index in [1.807, 2.05) is 0 Å². The number of nitrogens with one attached hydrogen (secondary N) is 2. The Kier molecular flexibility index (Phi) is 5.99. The van der Waals surface area contributed by atoms with Crippen molar-refractivity contribution in [2.45, 2.75) is 27.2 Å². The van der Waals surface area contributed by atoms with Crippen molar-refractivity contribution in [3.8, 4) is 0 Å². The van der Waals surface area contributed by atoms with Crippen LogP contribution in [0.4, 0.5) is 11.4 Å². The van der Waals surface area contributed by atoms with Gasteiger partial charge in [-0.15, -0.1) is 0 Å². The molecule has 0 spiro atoms. The average molecular weight is 337 g/mol. The Morgan fingerprint density at radius 3 is 2.33 bits per heavy atom. The van der Waals surface area contributed by atoms with Gasteiger partial charge in [-0.25, -0.2) is 4.79 Å². The molecule has 0 aliphatic heterocycles. The van der Waals surface area contributed by atoms with Crippen LogP contribution in [0.25, 0.3) is 0 Å². The van der Waals surface area contributed by atoms with Crippen LogP contribution >= 0.6 is 0 Å². The zero-order chi connectivity index (χ0) is 18.5. The lowest BCUT2D eigenvalue weighted by Crippen LogP contribution is -2.36. The van der Waals surface area contributed by atoms with Gasteiger partial charge in [-0.1, -0.05) is 20.8 Å². The zero-order valence-electron chi connectivity index (χ0n) is 13.6. The third-order valence-electron chi connectivity index (χ3n) is 2.98. The summed E-state index contributed by atoms with van der Waals surface area (Å²) in [6, 6.07) is 3.10. The molecule has 9 nitrogen and oxygen atoms in total. The van der Waals surface area contributed by atoms with Crippen molar-refractivity contribution in [3.05, 3.63) is 33.9 Å². The van der Waals surface area contributed by atoms with Crippen molar-refractivity contribution >= 4 is 29.2 Å². The van der Waals surface area contributed by atoms with E-state index >= 15 is 0 Å². The van der Waals surface area contributed by atoms with Gasteiger partial charge in [0.05, 0.1) is 10.5 Å². The molecule has 0 atom stereocenters. The molecule has 1 rings (SSSR count). The van der Waals surface area contributed by atoms with Crippen molar-refractivity contribution in [1.82, 2.24) is 5.32 Å². The van der Waals surface area contributed by atoms with E-state index in [0.29, 0.717) is 0 Å². The van der Waals surface area contributed by atoms with E-state index < -0.39 is 27.9 Å². The second kappa shape index (κ2) is 7.53. The van der Waals surface area contributed by atoms with Gasteiger partial charge in [-0.3, -0.25) is 19.7 Å². The van der Waals surface area contributed by atoms with Crippen LogP contribution in [0.15, 0.2) is 18.2 Å². The maximum absolute atomic E-state index is 11.8. The third kappa shape index (κ3) is 5.67. The molecule has 0 bridgehead atoms. The monoisotopic (exact) mass is 337 g/mol. The van der Waals surface area contributed by atoms with E-state index in [0.717, 1.165) is 18.2 Å². The minimum absolute atomic E-state index is 0.00810. The van der Waals surface area contributed by atoms with Gasteiger partial charge in [-0.05, 0) is 6.07 Å². The van der Waals surface area contributed by atoms with Crippen molar-refractivity contribution < 1.29 is 24.4 Å². The van der Waals surface area contributed by atoms with Crippen LogP contribution in [0.1, 0.15) is 37.6 Å². The third-order valence-corrected chi connectivity index (χ3v) is 2.98. The normalized spacial score (nSPS) is 10.8. The summed E-state index contributed by atoms with van der Waals surface area (Å²) in [5.74, 6) is -2.05. The molecule has 130 valence electrons. The van der Waals surface area contributed by atoms with E-state index in [9.17, 15) is 24.5 Å². The summed E-state index contributed by atoms with van der Waals surface area (Å²) < 4.78 is 0. The molecule has 0 saturated carbocycles. The molecular formula is C15H19N3O6. The van der Waals surface area contributed by atoms with E-state index in [-0.39, 0.29) is 30.1 Å². The Morgan fingerprint density at radius 2 is 1.83 bits per heavy atom. The second-order valence-electron chi connectivity index (χ2n) is 6.13. The van der Waals surface area contributed by atoms with Crippen LogP contribution in [-0.4, -0.2) is 34.4 Å². The number of carbonyl (C=O) groups is 3. The van der Waals surface area contributed by atoms with E-state index in [1.165, 1.54) is 0 Å². The first-order chi connectivity index (χ1) is 11.0. The topological polar surface area (TPSA) is 139 Å². The maximum Gasteiger partial charge on any atom is 0.336 e. The standard InChI is InChI=1S/C15H19N3O6/c1-15(2,3)14(22)16-5-4-12(19)17-10-6-9(13(20)21)7-11(8-10)18(23)24/h6-8H,4-5H2,1-3H3,(H,16,22)(H,17,19)(H,20,21). The molecule has 0 unspecified atom stereocenters. The van der Waals surface area contributed by atoms with Gasteiger partial charge in [0.2, 0.25) is 11.8 Å². The first-order valence-electron chi connectivity index (χ1n) is 7.11. The summed E-state index contributed by atoms with van der Waals surface area (Å²) in [4.78, 5) is 44.5. The number of nitro benzene ring substituents is 1. The Hall–Kier alpha value is -2.97. The Bertz CT molecular complexity index is 646. The maximum atomic E-state index is 11.8. The van der Waals surface area contributed by atoms with Crippen LogP contribution in [0.3, 0.4) is 0 Å². The lowest BCUT2D eigenvalue weighted by Gasteiger charge is -2.17. The van der Waals surface area contributed by atoms with E-state index in [1.54, 1.807) is 20.8 Å². The predicted octanol–water partition coefficient (Wildman–Crippen LogP) is 1.78. The molecule has 0 radical (unpaired) electrons. The summed E-state index contributed by atoms with van der Waals surface area (Å²) in [5.41, 5.74) is -1.31. The lowest BCUT2D eigenvalue weighted by atomic mass is 9.96. The van der Waals surface area contributed by atoms with Crippen LogP contribution in [0.2, 0.25) is 0 Å². The number of carboxylic acids is 1. The number of non-ortho nitro benzene ring substituents is 1. The second-order valence-corrected chi connectivity index (χ2v) is 6.13. The number of amides is 2. The number of anilines is 1. The molecule has 1 aromatic carbocycles. The van der Waals surface area contributed by atoms with Gasteiger partial charge in [-0.2, -0.15) is 0 Å². The number of benzene rings is 1. The lowest BCUT2D eigenvalue weighted by molar-refractivity contribution is -0.384. The largest absolute Gasteiger partial charge is 0.478 e. The van der Waals surface area contributed by atoms with Crippen LogP contribution in [-0.2, 0) is 9.59 Å². The molecule has 0 aliphatic carbocycles. The van der Waals surface area contributed by atoms with Crippen LogP contribution < -0.4 is 10.6 Å². The molecule has 24 heavy (non-hydrogen) atoms. The first-order valence-corrected chi connectivity index (χ1v) is 7.11. The molecule has 9 heteroatoms. The molecule has 1 aromatic rings. The van der Waals surface area contributed by atoms with Gasteiger partial charge in [0.15, 0.2) is 0 Å². The molecule has 0 aliphatic rings. The highest BCUT2D eigenvalue weighted by molar-refractivity contribution is 5.95. The highest BCUT2D eigenvalue weighted by atomic mass is 16.6. The minimum Gasteiger partial charge on any atom is -0.478 e. The van der Waals surface area contributed by atoms with Gasteiger partial charge in [0.25, 0.3) is 5.69 Å².